The zero-order valence-electron chi connectivity index (χ0n) is 13.3. The summed E-state index contributed by atoms with van der Waals surface area (Å²) in [6.07, 6.45) is 2.22. The fourth-order valence-corrected chi connectivity index (χ4v) is 2.96. The first-order valence-corrected chi connectivity index (χ1v) is 7.86. The Morgan fingerprint density at radius 1 is 1.26 bits per heavy atom. The first-order chi connectivity index (χ1) is 9.08. The molecular formula is C15H31N3O. The van der Waals surface area contributed by atoms with Crippen molar-refractivity contribution in [2.24, 2.45) is 0 Å². The molecule has 0 aromatic heterocycles. The van der Waals surface area contributed by atoms with E-state index < -0.39 is 0 Å². The molecule has 1 rings (SSSR count). The van der Waals surface area contributed by atoms with Crippen LogP contribution in [0.15, 0.2) is 0 Å². The molecule has 1 aliphatic heterocycles. The van der Waals surface area contributed by atoms with Crippen LogP contribution in [-0.4, -0.2) is 60.0 Å². The topological polar surface area (TPSA) is 35.6 Å². The van der Waals surface area contributed by atoms with E-state index in [-0.39, 0.29) is 11.9 Å². The van der Waals surface area contributed by atoms with Crippen molar-refractivity contribution in [1.29, 1.82) is 0 Å². The van der Waals surface area contributed by atoms with Gasteiger partial charge in [0.25, 0.3) is 0 Å². The fourth-order valence-electron chi connectivity index (χ4n) is 2.96. The number of carbonyl (C=O) groups is 1. The lowest BCUT2D eigenvalue weighted by Gasteiger charge is -2.43. The molecule has 0 aromatic rings. The van der Waals surface area contributed by atoms with Crippen LogP contribution >= 0.6 is 0 Å². The lowest BCUT2D eigenvalue weighted by atomic mass is 10.0. The third-order valence-corrected chi connectivity index (χ3v) is 4.44. The minimum absolute atomic E-state index is 0.000926. The molecule has 3 unspecified atom stereocenters. The van der Waals surface area contributed by atoms with E-state index in [9.17, 15) is 4.79 Å². The monoisotopic (exact) mass is 269 g/mol. The van der Waals surface area contributed by atoms with E-state index in [0.717, 1.165) is 39.0 Å². The van der Waals surface area contributed by atoms with Gasteiger partial charge in [-0.3, -0.25) is 9.69 Å². The van der Waals surface area contributed by atoms with Crippen molar-refractivity contribution in [3.63, 3.8) is 0 Å². The number of piperazine rings is 1. The molecule has 4 nitrogen and oxygen atoms in total. The second kappa shape index (κ2) is 7.85. The molecule has 4 heteroatoms. The number of nitrogens with one attached hydrogen (secondary N) is 1. The maximum Gasteiger partial charge on any atom is 0.239 e. The summed E-state index contributed by atoms with van der Waals surface area (Å²) in [5.74, 6) is 0.278. The predicted molar refractivity (Wildman–Crippen MR) is 80.3 cm³/mol. The number of carbonyl (C=O) groups excluding carboxylic acids is 1. The highest BCUT2D eigenvalue weighted by Crippen LogP contribution is 2.17. The molecule has 1 aliphatic rings. The molecule has 1 fully saturated rings. The van der Waals surface area contributed by atoms with Gasteiger partial charge in [0.05, 0.1) is 6.04 Å². The van der Waals surface area contributed by atoms with Gasteiger partial charge in [-0.2, -0.15) is 0 Å². The first-order valence-electron chi connectivity index (χ1n) is 7.86. The van der Waals surface area contributed by atoms with Gasteiger partial charge in [-0.05, 0) is 33.6 Å². The largest absolute Gasteiger partial charge is 0.342 e. The van der Waals surface area contributed by atoms with Crippen LogP contribution in [-0.2, 0) is 4.79 Å². The Hall–Kier alpha value is -0.610. The van der Waals surface area contributed by atoms with E-state index in [0.29, 0.717) is 12.1 Å². The number of hydrogen-bond acceptors (Lipinski definition) is 3. The summed E-state index contributed by atoms with van der Waals surface area (Å²) in [5.41, 5.74) is 0. The smallest absolute Gasteiger partial charge is 0.239 e. The van der Waals surface area contributed by atoms with Crippen LogP contribution in [0.3, 0.4) is 0 Å². The van der Waals surface area contributed by atoms with Gasteiger partial charge >= 0.3 is 0 Å². The summed E-state index contributed by atoms with van der Waals surface area (Å²) < 4.78 is 0. The lowest BCUT2D eigenvalue weighted by Crippen LogP contribution is -2.61. The maximum atomic E-state index is 12.5. The average molecular weight is 269 g/mol. The number of hydrogen-bond donors (Lipinski definition) is 1. The normalized spacial score (nSPS) is 26.2. The van der Waals surface area contributed by atoms with Crippen LogP contribution in [0.4, 0.5) is 0 Å². The fraction of sp³-hybridized carbons (Fsp3) is 0.933. The number of likely N-dealkylation sites (N-methyl/N-ethyl adjacent to an activating group) is 1. The average Bonchev–Trinajstić information content (AvgIpc) is 2.46. The van der Waals surface area contributed by atoms with Gasteiger partial charge in [0.1, 0.15) is 0 Å². The van der Waals surface area contributed by atoms with E-state index in [4.69, 9.17) is 0 Å². The van der Waals surface area contributed by atoms with Crippen molar-refractivity contribution in [3.8, 4) is 0 Å². The predicted octanol–water partition coefficient (Wildman–Crippen LogP) is 1.71. The lowest BCUT2D eigenvalue weighted by molar-refractivity contribution is -0.137. The molecule has 19 heavy (non-hydrogen) atoms. The molecule has 0 saturated carbocycles. The Labute approximate surface area is 118 Å². The second-order valence-electron chi connectivity index (χ2n) is 5.46. The summed E-state index contributed by atoms with van der Waals surface area (Å²) in [6, 6.07) is 1.01. The van der Waals surface area contributed by atoms with Crippen molar-refractivity contribution in [3.05, 3.63) is 0 Å². The van der Waals surface area contributed by atoms with Gasteiger partial charge in [0, 0.05) is 38.3 Å². The summed E-state index contributed by atoms with van der Waals surface area (Å²) in [4.78, 5) is 16.9. The summed E-state index contributed by atoms with van der Waals surface area (Å²) >= 11 is 0. The van der Waals surface area contributed by atoms with Gasteiger partial charge in [-0.25, -0.2) is 0 Å². The quantitative estimate of drug-likeness (QED) is 0.797. The van der Waals surface area contributed by atoms with E-state index >= 15 is 0 Å². The third kappa shape index (κ3) is 3.93. The van der Waals surface area contributed by atoms with Crippen LogP contribution in [0.5, 0.6) is 0 Å². The standard InChI is InChI=1S/C15H31N3O/c1-6-13-11-18(14(7-2)10-16-13)12(5)15(19)17(8-3)9-4/h12-14,16H,6-11H2,1-5H3. The molecule has 0 radical (unpaired) electrons. The number of amides is 1. The Bertz CT molecular complexity index is 279. The Balaban J connectivity index is 2.75. The van der Waals surface area contributed by atoms with Crippen molar-refractivity contribution in [1.82, 2.24) is 15.1 Å². The van der Waals surface area contributed by atoms with Crippen molar-refractivity contribution >= 4 is 5.91 Å². The zero-order valence-corrected chi connectivity index (χ0v) is 13.3. The van der Waals surface area contributed by atoms with E-state index in [1.165, 1.54) is 0 Å². The first kappa shape index (κ1) is 16.4. The van der Waals surface area contributed by atoms with Crippen molar-refractivity contribution in [2.45, 2.75) is 65.6 Å². The minimum atomic E-state index is 0.000926. The van der Waals surface area contributed by atoms with Gasteiger partial charge in [0.2, 0.25) is 5.91 Å². The number of rotatable bonds is 6. The van der Waals surface area contributed by atoms with Gasteiger partial charge in [-0.15, -0.1) is 0 Å². The van der Waals surface area contributed by atoms with Crippen LogP contribution in [0, 0.1) is 0 Å². The molecule has 0 aliphatic carbocycles. The summed E-state index contributed by atoms with van der Waals surface area (Å²) in [6.45, 7) is 14.2. The SMILES string of the molecule is CCC1CN(C(C)C(=O)N(CC)CC)C(CC)CN1. The van der Waals surface area contributed by atoms with Crippen LogP contribution in [0.25, 0.3) is 0 Å². The van der Waals surface area contributed by atoms with E-state index in [2.05, 4.69) is 44.8 Å². The molecule has 112 valence electrons. The molecule has 1 heterocycles. The van der Waals surface area contributed by atoms with Crippen LogP contribution in [0.1, 0.15) is 47.5 Å². The highest BCUT2D eigenvalue weighted by molar-refractivity contribution is 5.81. The molecule has 0 spiro atoms. The Morgan fingerprint density at radius 2 is 1.89 bits per heavy atom. The maximum absolute atomic E-state index is 12.5. The van der Waals surface area contributed by atoms with E-state index in [1.54, 1.807) is 0 Å². The van der Waals surface area contributed by atoms with Gasteiger partial charge in [0.15, 0.2) is 0 Å². The van der Waals surface area contributed by atoms with Crippen LogP contribution < -0.4 is 5.32 Å². The molecule has 0 aromatic carbocycles. The third-order valence-electron chi connectivity index (χ3n) is 4.44. The highest BCUT2D eigenvalue weighted by atomic mass is 16.2. The molecular weight excluding hydrogens is 238 g/mol. The highest BCUT2D eigenvalue weighted by Gasteiger charge is 2.33. The van der Waals surface area contributed by atoms with Crippen LogP contribution in [0.2, 0.25) is 0 Å². The zero-order chi connectivity index (χ0) is 14.4. The summed E-state index contributed by atoms with van der Waals surface area (Å²) in [7, 11) is 0. The Kier molecular flexibility index (Phi) is 6.80. The molecule has 1 amide bonds. The van der Waals surface area contributed by atoms with Gasteiger partial charge < -0.3 is 10.2 Å². The molecule has 0 bridgehead atoms. The minimum Gasteiger partial charge on any atom is -0.342 e. The molecule has 1 saturated heterocycles. The van der Waals surface area contributed by atoms with E-state index in [1.807, 2.05) is 4.90 Å². The Morgan fingerprint density at radius 3 is 2.37 bits per heavy atom. The van der Waals surface area contributed by atoms with Crippen molar-refractivity contribution < 1.29 is 4.79 Å². The van der Waals surface area contributed by atoms with Crippen molar-refractivity contribution in [2.75, 3.05) is 26.2 Å². The van der Waals surface area contributed by atoms with Gasteiger partial charge in [-0.1, -0.05) is 13.8 Å². The molecule has 1 N–H and O–H groups in total. The molecule has 3 atom stereocenters. The number of nitrogens with zero attached hydrogens (tertiary/aromatic N) is 2. The second-order valence-corrected chi connectivity index (χ2v) is 5.46. The summed E-state index contributed by atoms with van der Waals surface area (Å²) in [5, 5.41) is 3.58.